The molecule has 0 spiro atoms. The molecule has 4 amide bonds. The van der Waals surface area contributed by atoms with Gasteiger partial charge in [0.15, 0.2) is 0 Å². The zero-order chi connectivity index (χ0) is 42.8. The second-order valence-corrected chi connectivity index (χ2v) is 18.2. The highest BCUT2D eigenvalue weighted by atomic mass is 16.5. The van der Waals surface area contributed by atoms with Crippen LogP contribution in [0.15, 0.2) is 60.8 Å². The first-order valence-corrected chi connectivity index (χ1v) is 22.1. The molecule has 3 saturated heterocycles. The smallest absolute Gasteiger partial charge is 0.407 e. The van der Waals surface area contributed by atoms with Crippen LogP contribution in [-0.4, -0.2) is 105 Å². The number of benzene rings is 3. The third-order valence-electron chi connectivity index (χ3n) is 14.3. The van der Waals surface area contributed by atoms with E-state index in [1.807, 2.05) is 29.8 Å². The largest absolute Gasteiger partial charge is 0.453 e. The van der Waals surface area contributed by atoms with E-state index in [0.29, 0.717) is 37.9 Å². The predicted molar refractivity (Wildman–Crippen MR) is 230 cm³/mol. The fraction of sp³-hybridized carbons (Fsp3) is 0.489. The fourth-order valence-corrected chi connectivity index (χ4v) is 10.9. The summed E-state index contributed by atoms with van der Waals surface area (Å²) in [6, 6.07) is 17.5. The Balaban J connectivity index is 0.864. The van der Waals surface area contributed by atoms with Gasteiger partial charge in [-0.05, 0) is 103 Å². The maximum Gasteiger partial charge on any atom is 0.407 e. The molecule has 2 aliphatic carbocycles. The van der Waals surface area contributed by atoms with E-state index in [0.717, 1.165) is 87.9 Å². The number of aromatic nitrogens is 4. The number of piperidine rings is 2. The molecular weight excluding hydrogens is 789 g/mol. The molecule has 10 rings (SSSR count). The summed E-state index contributed by atoms with van der Waals surface area (Å²) in [6.07, 6.45) is 6.75. The zero-order valence-corrected chi connectivity index (χ0v) is 35.6. The first-order chi connectivity index (χ1) is 30.1. The Hall–Kier alpha value is -5.96. The number of carbonyl (C=O) groups is 4. The van der Waals surface area contributed by atoms with Gasteiger partial charge < -0.3 is 44.6 Å². The van der Waals surface area contributed by atoms with Crippen molar-refractivity contribution in [3.05, 3.63) is 72.4 Å². The SMILES string of the molecule is COC(=O)N[C@H](C(=O)N1[C@@H]2CC[C@@H](C2)[C@H]1c1nc2c(ccc3cc(-c4ccc(-c5cnc([C@@H]6C[C@H]7C[C@H]7N6C(=O)[C@@H](NC(=O)OC)C6CCOCC6)[nH]5)cc4)ccc32)[nH]1)C(C)C. The summed E-state index contributed by atoms with van der Waals surface area (Å²) in [5.41, 5.74) is 5.80. The van der Waals surface area contributed by atoms with Crippen molar-refractivity contribution in [1.29, 1.82) is 0 Å². The number of methoxy groups -OCH3 is 2. The Morgan fingerprint density at radius 3 is 2.27 bits per heavy atom. The van der Waals surface area contributed by atoms with E-state index in [2.05, 4.69) is 75.2 Å². The molecule has 2 saturated carbocycles. The number of hydrogen-bond acceptors (Lipinski definition) is 9. The second kappa shape index (κ2) is 16.1. The highest BCUT2D eigenvalue weighted by Gasteiger charge is 2.57. The molecule has 3 aromatic carbocycles. The summed E-state index contributed by atoms with van der Waals surface area (Å²) in [4.78, 5) is 73.9. The number of amides is 4. The topological polar surface area (TPSA) is 184 Å². The molecule has 0 unspecified atom stereocenters. The third kappa shape index (κ3) is 7.13. The number of alkyl carbamates (subject to hydrolysis) is 2. The van der Waals surface area contributed by atoms with Crippen molar-refractivity contribution in [1.82, 2.24) is 40.4 Å². The third-order valence-corrected chi connectivity index (χ3v) is 14.3. The van der Waals surface area contributed by atoms with Crippen LogP contribution >= 0.6 is 0 Å². The molecular formula is C47H54N8O7. The van der Waals surface area contributed by atoms with Gasteiger partial charge in [0.05, 0.1) is 49.2 Å². The number of carbonyl (C=O) groups excluding carboxylic acids is 4. The molecule has 0 radical (unpaired) electrons. The Kier molecular flexibility index (Phi) is 10.4. The standard InChI is InChI=1S/C47H54N8O7/c1-24(2)38(52-46(58)60-3)44(56)54-32-12-9-30(20-32)41(54)43-49-34-14-11-29-19-28(10-13-33(29)40(34)51-43)25-5-7-26(8-6-25)35-23-48-42(50-35)37-22-31-21-36(31)55(37)45(57)39(53-47(59)61-4)27-15-17-62-18-16-27/h5-8,10-11,13-14,19,23-24,27,30-32,36-39,41H,9,12,15-18,20-22H2,1-4H3,(H,48,50)(H,49,51)(H,52,58)(H,53,59)/t30-,31+,32+,36+,37-,38-,39-,41-/m0/s1. The van der Waals surface area contributed by atoms with Gasteiger partial charge in [0.2, 0.25) is 11.8 Å². The Labute approximate surface area is 359 Å². The maximum absolute atomic E-state index is 14.2. The number of rotatable bonds is 10. The number of ether oxygens (including phenoxy) is 3. The number of H-pyrrole nitrogens is 2. The molecule has 4 N–H and O–H groups in total. The van der Waals surface area contributed by atoms with Gasteiger partial charge in [-0.2, -0.15) is 0 Å². The van der Waals surface area contributed by atoms with E-state index in [4.69, 9.17) is 24.2 Å². The molecule has 15 heteroatoms. The van der Waals surface area contributed by atoms with E-state index >= 15 is 0 Å². The van der Waals surface area contributed by atoms with Crippen LogP contribution < -0.4 is 10.6 Å². The second-order valence-electron chi connectivity index (χ2n) is 18.2. The number of nitrogens with zero attached hydrogens (tertiary/aromatic N) is 4. The van der Waals surface area contributed by atoms with Crippen LogP contribution in [0.25, 0.3) is 44.2 Å². The summed E-state index contributed by atoms with van der Waals surface area (Å²) < 4.78 is 15.3. The van der Waals surface area contributed by atoms with Crippen LogP contribution in [0.4, 0.5) is 9.59 Å². The number of aromatic amines is 2. The van der Waals surface area contributed by atoms with Crippen molar-refractivity contribution in [2.24, 2.45) is 23.7 Å². The van der Waals surface area contributed by atoms with Crippen molar-refractivity contribution in [3.8, 4) is 22.4 Å². The molecule has 62 heavy (non-hydrogen) atoms. The number of fused-ring (bicyclic) bond motifs is 6. The lowest BCUT2D eigenvalue weighted by Crippen LogP contribution is -2.54. The maximum atomic E-state index is 14.2. The van der Waals surface area contributed by atoms with Crippen LogP contribution in [0, 0.1) is 23.7 Å². The average molecular weight is 843 g/mol. The van der Waals surface area contributed by atoms with Gasteiger partial charge in [0, 0.05) is 30.7 Å². The number of likely N-dealkylation sites (tertiary alicyclic amines) is 2. The molecule has 8 atom stereocenters. The predicted octanol–water partition coefficient (Wildman–Crippen LogP) is 7.02. The molecule has 5 aliphatic rings. The number of hydrogen-bond donors (Lipinski definition) is 4. The molecule has 5 fully saturated rings. The van der Waals surface area contributed by atoms with Gasteiger partial charge in [-0.15, -0.1) is 0 Å². The Bertz CT molecular complexity index is 2530. The highest BCUT2D eigenvalue weighted by molar-refractivity contribution is 6.05. The Morgan fingerprint density at radius 1 is 0.774 bits per heavy atom. The van der Waals surface area contributed by atoms with E-state index in [-0.39, 0.29) is 47.8 Å². The first kappa shape index (κ1) is 40.1. The van der Waals surface area contributed by atoms with Crippen LogP contribution in [0.2, 0.25) is 0 Å². The summed E-state index contributed by atoms with van der Waals surface area (Å²) in [5.74, 6) is 1.98. The van der Waals surface area contributed by atoms with Crippen LogP contribution in [-0.2, 0) is 23.8 Å². The lowest BCUT2D eigenvalue weighted by molar-refractivity contribution is -0.139. The monoisotopic (exact) mass is 842 g/mol. The van der Waals surface area contributed by atoms with E-state index in [1.165, 1.54) is 14.2 Å². The van der Waals surface area contributed by atoms with Crippen molar-refractivity contribution < 1.29 is 33.4 Å². The Morgan fingerprint density at radius 2 is 1.52 bits per heavy atom. The van der Waals surface area contributed by atoms with E-state index in [9.17, 15) is 19.2 Å². The molecule has 2 aromatic heterocycles. The van der Waals surface area contributed by atoms with Gasteiger partial charge in [0.1, 0.15) is 23.7 Å². The van der Waals surface area contributed by atoms with Crippen LogP contribution in [0.1, 0.15) is 82.5 Å². The summed E-state index contributed by atoms with van der Waals surface area (Å²) in [5, 5.41) is 7.72. The average Bonchev–Trinajstić information content (AvgIpc) is 3.92. The number of nitrogens with one attached hydrogen (secondary N) is 4. The van der Waals surface area contributed by atoms with E-state index in [1.54, 1.807) is 0 Å². The first-order valence-electron chi connectivity index (χ1n) is 22.1. The lowest BCUT2D eigenvalue weighted by atomic mass is 9.90. The molecule has 2 bridgehead atoms. The van der Waals surface area contributed by atoms with Crippen molar-refractivity contribution >= 4 is 45.8 Å². The molecule has 5 aromatic rings. The van der Waals surface area contributed by atoms with Gasteiger partial charge >= 0.3 is 12.2 Å². The summed E-state index contributed by atoms with van der Waals surface area (Å²) in [7, 11) is 2.63. The minimum atomic E-state index is -0.691. The minimum absolute atomic E-state index is 0.0224. The van der Waals surface area contributed by atoms with Gasteiger partial charge in [-0.1, -0.05) is 56.3 Å². The lowest BCUT2D eigenvalue weighted by Gasteiger charge is -2.37. The van der Waals surface area contributed by atoms with Gasteiger partial charge in [-0.3, -0.25) is 9.59 Å². The van der Waals surface area contributed by atoms with Gasteiger partial charge in [0.25, 0.3) is 0 Å². The molecule has 3 aliphatic heterocycles. The summed E-state index contributed by atoms with van der Waals surface area (Å²) in [6.45, 7) is 5.00. The van der Waals surface area contributed by atoms with E-state index < -0.39 is 24.3 Å². The summed E-state index contributed by atoms with van der Waals surface area (Å²) >= 11 is 0. The molecule has 324 valence electrons. The number of imidazole rings is 2. The molecule has 5 heterocycles. The zero-order valence-electron chi connectivity index (χ0n) is 35.6. The van der Waals surface area contributed by atoms with Gasteiger partial charge in [-0.25, -0.2) is 19.6 Å². The van der Waals surface area contributed by atoms with Crippen LogP contribution in [0.5, 0.6) is 0 Å². The normalized spacial score (nSPS) is 25.2. The van der Waals surface area contributed by atoms with Crippen molar-refractivity contribution in [3.63, 3.8) is 0 Å². The van der Waals surface area contributed by atoms with Crippen molar-refractivity contribution in [2.45, 2.75) is 95.0 Å². The van der Waals surface area contributed by atoms with Crippen LogP contribution in [0.3, 0.4) is 0 Å². The van der Waals surface area contributed by atoms with Crippen molar-refractivity contribution in [2.75, 3.05) is 27.4 Å². The quantitative estimate of drug-likeness (QED) is 0.115. The fourth-order valence-electron chi connectivity index (χ4n) is 10.9. The molecule has 15 nitrogen and oxygen atoms in total. The highest BCUT2D eigenvalue weighted by Crippen LogP contribution is 2.54. The minimum Gasteiger partial charge on any atom is -0.453 e.